The van der Waals surface area contributed by atoms with Crippen LogP contribution >= 0.6 is 0 Å². The Morgan fingerprint density at radius 2 is 1.72 bits per heavy atom. The van der Waals surface area contributed by atoms with Crippen molar-refractivity contribution in [2.24, 2.45) is 0 Å². The quantitative estimate of drug-likeness (QED) is 0.678. The van der Waals surface area contributed by atoms with Crippen LogP contribution in [0.1, 0.15) is 46.7 Å². The lowest BCUT2D eigenvalue weighted by Gasteiger charge is -2.30. The molecule has 0 saturated carbocycles. The van der Waals surface area contributed by atoms with E-state index in [2.05, 4.69) is 15.1 Å². The summed E-state index contributed by atoms with van der Waals surface area (Å²) in [5.74, 6) is -1.03. The van der Waals surface area contributed by atoms with Gasteiger partial charge in [-0.2, -0.15) is 13.4 Å². The minimum Gasteiger partial charge on any atom is -0.478 e. The van der Waals surface area contributed by atoms with Crippen LogP contribution in [0, 0.1) is 27.7 Å². The normalized spacial score (nSPS) is 12.0. The first-order valence-corrected chi connectivity index (χ1v) is 10.5. The van der Waals surface area contributed by atoms with Gasteiger partial charge in [0.1, 0.15) is 0 Å². The molecule has 0 radical (unpaired) electrons. The highest BCUT2D eigenvalue weighted by Crippen LogP contribution is 2.33. The Morgan fingerprint density at radius 3 is 2.31 bits per heavy atom. The van der Waals surface area contributed by atoms with Crippen molar-refractivity contribution in [3.8, 4) is 0 Å². The SMILES string of the molecule is Cc1cc(C)n2nc(S(=O)(=O)N(c3c(C)ccc(C)c3C(=O)O)C(C)C)nc2n1. The van der Waals surface area contributed by atoms with Gasteiger partial charge in [-0.05, 0) is 58.7 Å². The van der Waals surface area contributed by atoms with Gasteiger partial charge in [0.25, 0.3) is 10.9 Å². The minimum absolute atomic E-state index is 0.0591. The summed E-state index contributed by atoms with van der Waals surface area (Å²) >= 11 is 0. The van der Waals surface area contributed by atoms with E-state index < -0.39 is 27.2 Å². The van der Waals surface area contributed by atoms with E-state index in [0.717, 1.165) is 4.31 Å². The van der Waals surface area contributed by atoms with Crippen LogP contribution in [0.2, 0.25) is 0 Å². The summed E-state index contributed by atoms with van der Waals surface area (Å²) in [6.07, 6.45) is 0. The van der Waals surface area contributed by atoms with Crippen LogP contribution in [0.4, 0.5) is 5.69 Å². The molecule has 0 aliphatic rings. The summed E-state index contributed by atoms with van der Waals surface area (Å²) < 4.78 is 29.5. The highest BCUT2D eigenvalue weighted by atomic mass is 32.2. The Hall–Kier alpha value is -3.01. The van der Waals surface area contributed by atoms with Crippen LogP contribution in [0.15, 0.2) is 23.4 Å². The minimum atomic E-state index is -4.25. The van der Waals surface area contributed by atoms with Gasteiger partial charge in [-0.15, -0.1) is 5.10 Å². The molecule has 3 rings (SSSR count). The van der Waals surface area contributed by atoms with Crippen LogP contribution in [0.5, 0.6) is 0 Å². The molecule has 0 amide bonds. The average Bonchev–Trinajstić information content (AvgIpc) is 3.02. The fourth-order valence-corrected chi connectivity index (χ4v) is 4.94. The van der Waals surface area contributed by atoms with Gasteiger partial charge >= 0.3 is 16.0 Å². The average molecular weight is 417 g/mol. The molecular weight excluding hydrogens is 394 g/mol. The molecule has 0 aliphatic carbocycles. The van der Waals surface area contributed by atoms with E-state index in [4.69, 9.17) is 0 Å². The zero-order valence-electron chi connectivity index (χ0n) is 17.1. The third kappa shape index (κ3) is 3.44. The lowest BCUT2D eigenvalue weighted by Crippen LogP contribution is -2.39. The first-order valence-electron chi connectivity index (χ1n) is 9.04. The number of carbonyl (C=O) groups is 1. The summed E-state index contributed by atoms with van der Waals surface area (Å²) in [6.45, 7) is 10.2. The van der Waals surface area contributed by atoms with Gasteiger partial charge in [-0.1, -0.05) is 12.1 Å². The van der Waals surface area contributed by atoms with E-state index >= 15 is 0 Å². The first-order chi connectivity index (χ1) is 13.4. The molecule has 10 heteroatoms. The van der Waals surface area contributed by atoms with Crippen molar-refractivity contribution in [1.82, 2.24) is 19.6 Å². The molecule has 29 heavy (non-hydrogen) atoms. The molecule has 0 bridgehead atoms. The van der Waals surface area contributed by atoms with Crippen molar-refractivity contribution in [3.63, 3.8) is 0 Å². The molecule has 3 aromatic rings. The van der Waals surface area contributed by atoms with E-state index in [-0.39, 0.29) is 17.0 Å². The molecule has 0 saturated heterocycles. The second-order valence-corrected chi connectivity index (χ2v) is 8.98. The Bertz CT molecular complexity index is 1230. The first kappa shape index (κ1) is 20.7. The van der Waals surface area contributed by atoms with Crippen molar-refractivity contribution in [2.45, 2.75) is 52.7 Å². The van der Waals surface area contributed by atoms with Crippen LogP contribution in [-0.4, -0.2) is 45.1 Å². The van der Waals surface area contributed by atoms with E-state index in [0.29, 0.717) is 22.5 Å². The second-order valence-electron chi connectivity index (χ2n) is 7.27. The van der Waals surface area contributed by atoms with Gasteiger partial charge in [-0.25, -0.2) is 14.3 Å². The number of aromatic nitrogens is 4. The number of rotatable bonds is 5. The Kier molecular flexibility index (Phi) is 5.08. The van der Waals surface area contributed by atoms with Gasteiger partial charge in [0.05, 0.1) is 11.3 Å². The fraction of sp³-hybridized carbons (Fsp3) is 0.368. The summed E-state index contributed by atoms with van der Waals surface area (Å²) in [5, 5.41) is 13.5. The highest BCUT2D eigenvalue weighted by Gasteiger charge is 2.35. The molecule has 9 nitrogen and oxygen atoms in total. The number of nitrogens with zero attached hydrogens (tertiary/aromatic N) is 5. The van der Waals surface area contributed by atoms with Crippen molar-refractivity contribution in [3.05, 3.63) is 46.3 Å². The smallest absolute Gasteiger partial charge is 0.338 e. The van der Waals surface area contributed by atoms with Gasteiger partial charge < -0.3 is 5.11 Å². The predicted octanol–water partition coefficient (Wildman–Crippen LogP) is 2.66. The number of benzene rings is 1. The Labute approximate surface area is 169 Å². The number of aromatic carboxylic acids is 1. The maximum absolute atomic E-state index is 13.5. The predicted molar refractivity (Wildman–Crippen MR) is 108 cm³/mol. The van der Waals surface area contributed by atoms with Gasteiger partial charge in [-0.3, -0.25) is 4.31 Å². The molecule has 1 N–H and O–H groups in total. The monoisotopic (exact) mass is 417 g/mol. The molecule has 0 unspecified atom stereocenters. The topological polar surface area (TPSA) is 118 Å². The van der Waals surface area contributed by atoms with Gasteiger partial charge in [0.2, 0.25) is 0 Å². The zero-order valence-corrected chi connectivity index (χ0v) is 17.9. The summed E-state index contributed by atoms with van der Waals surface area (Å²) in [6, 6.07) is 4.56. The van der Waals surface area contributed by atoms with E-state index in [1.807, 2.05) is 0 Å². The summed E-state index contributed by atoms with van der Waals surface area (Å²) in [4.78, 5) is 20.3. The third-order valence-electron chi connectivity index (χ3n) is 4.58. The number of carboxylic acids is 1. The molecular formula is C19H23N5O4S. The lowest BCUT2D eigenvalue weighted by atomic mass is 10.0. The lowest BCUT2D eigenvalue weighted by molar-refractivity contribution is 0.0697. The van der Waals surface area contributed by atoms with Crippen LogP contribution in [0.3, 0.4) is 0 Å². The third-order valence-corrected chi connectivity index (χ3v) is 6.34. The molecule has 2 heterocycles. The number of hydrogen-bond donors (Lipinski definition) is 1. The number of sulfonamides is 1. The number of fused-ring (bicyclic) bond motifs is 1. The highest BCUT2D eigenvalue weighted by molar-refractivity contribution is 7.92. The largest absolute Gasteiger partial charge is 0.478 e. The maximum atomic E-state index is 13.5. The zero-order chi connectivity index (χ0) is 21.7. The number of hydrogen-bond acceptors (Lipinski definition) is 6. The van der Waals surface area contributed by atoms with E-state index in [9.17, 15) is 18.3 Å². The van der Waals surface area contributed by atoms with Crippen LogP contribution < -0.4 is 4.31 Å². The van der Waals surface area contributed by atoms with E-state index in [1.165, 1.54) is 4.52 Å². The molecule has 154 valence electrons. The standard InChI is InChI=1S/C19H23N5O4S/c1-10(2)24(16-12(4)8-7-11(3)15(16)17(25)26)29(27,28)19-21-18-20-13(5)9-14(6)23(18)22-19/h7-10H,1-6H3,(H,25,26). The number of anilines is 1. The van der Waals surface area contributed by atoms with Gasteiger partial charge in [0.15, 0.2) is 0 Å². The van der Waals surface area contributed by atoms with Crippen molar-refractivity contribution < 1.29 is 18.3 Å². The molecule has 2 aromatic heterocycles. The molecule has 0 fully saturated rings. The molecule has 0 aliphatic heterocycles. The number of carboxylic acid groups (broad SMARTS) is 1. The Balaban J connectivity index is 2.30. The van der Waals surface area contributed by atoms with Crippen molar-refractivity contribution >= 4 is 27.5 Å². The van der Waals surface area contributed by atoms with E-state index in [1.54, 1.807) is 59.7 Å². The molecule has 0 atom stereocenters. The second kappa shape index (κ2) is 7.11. The van der Waals surface area contributed by atoms with Crippen LogP contribution in [0.25, 0.3) is 5.78 Å². The summed E-state index contributed by atoms with van der Waals surface area (Å²) in [7, 11) is -4.25. The van der Waals surface area contributed by atoms with Crippen molar-refractivity contribution in [2.75, 3.05) is 4.31 Å². The van der Waals surface area contributed by atoms with Gasteiger partial charge in [0, 0.05) is 17.4 Å². The van der Waals surface area contributed by atoms with Crippen LogP contribution in [-0.2, 0) is 10.0 Å². The number of aryl methyl sites for hydroxylation is 4. The molecule has 1 aromatic carbocycles. The summed E-state index contributed by atoms with van der Waals surface area (Å²) in [5.41, 5.74) is 2.43. The Morgan fingerprint density at radius 1 is 1.10 bits per heavy atom. The molecule has 0 spiro atoms. The fourth-order valence-electron chi connectivity index (χ4n) is 3.35. The maximum Gasteiger partial charge on any atom is 0.338 e. The van der Waals surface area contributed by atoms with Crippen molar-refractivity contribution in [1.29, 1.82) is 0 Å².